The van der Waals surface area contributed by atoms with Gasteiger partial charge in [-0.15, -0.1) is 0 Å². The molecule has 1 aliphatic rings. The van der Waals surface area contributed by atoms with Crippen molar-refractivity contribution in [1.29, 1.82) is 0 Å². The normalized spacial score (nSPS) is 29.3. The molecule has 1 heterocycles. The molecule has 0 radical (unpaired) electrons. The Hall–Kier alpha value is 0.708. The molecule has 0 saturated carbocycles. The molecule has 1 atom stereocenters. The highest BCUT2D eigenvalue weighted by Crippen LogP contribution is 2.44. The molecule has 126 valence electrons. The highest BCUT2D eigenvalue weighted by molar-refractivity contribution is 6.93. The molecule has 0 aromatic rings. The summed E-state index contributed by atoms with van der Waals surface area (Å²) in [6.45, 7) is 23.9. The fourth-order valence-electron chi connectivity index (χ4n) is 3.21. The first-order chi connectivity index (χ1) is 8.98. The average Bonchev–Trinajstić information content (AvgIpc) is 2.05. The standard InChI is InChI=1S/C13H34O4Si4/c1-12(13(2,3)4)21(11)16-19(7,8)14-18(5,6)15-20(9,10)17-21/h12H,1-11H3. The van der Waals surface area contributed by atoms with E-state index in [1.807, 2.05) is 0 Å². The Morgan fingerprint density at radius 1 is 0.619 bits per heavy atom. The predicted molar refractivity (Wildman–Crippen MR) is 97.3 cm³/mol. The maximum absolute atomic E-state index is 6.65. The zero-order chi connectivity index (χ0) is 16.9. The third-order valence-corrected chi connectivity index (χ3v) is 21.4. The maximum Gasteiger partial charge on any atom is 0.320 e. The van der Waals surface area contributed by atoms with Gasteiger partial charge >= 0.3 is 34.2 Å². The summed E-state index contributed by atoms with van der Waals surface area (Å²) in [5, 5.41) is 0. The van der Waals surface area contributed by atoms with Crippen LogP contribution in [0.25, 0.3) is 0 Å². The number of rotatable bonds is 1. The van der Waals surface area contributed by atoms with Crippen LogP contribution in [-0.2, 0) is 16.5 Å². The Morgan fingerprint density at radius 2 is 0.905 bits per heavy atom. The van der Waals surface area contributed by atoms with Crippen molar-refractivity contribution in [2.24, 2.45) is 5.41 Å². The molecule has 1 fully saturated rings. The summed E-state index contributed by atoms with van der Waals surface area (Å²) in [7, 11) is -9.09. The third-order valence-electron chi connectivity index (χ3n) is 3.97. The van der Waals surface area contributed by atoms with Gasteiger partial charge in [0.25, 0.3) is 0 Å². The first-order valence-corrected chi connectivity index (χ1v) is 18.6. The minimum atomic E-state index is -2.40. The van der Waals surface area contributed by atoms with Gasteiger partial charge in [0.05, 0.1) is 0 Å². The zero-order valence-electron chi connectivity index (χ0n) is 15.7. The Bertz CT molecular complexity index is 368. The smallest absolute Gasteiger partial charge is 0.320 e. The minimum absolute atomic E-state index is 0.141. The van der Waals surface area contributed by atoms with E-state index in [0.29, 0.717) is 5.54 Å². The van der Waals surface area contributed by atoms with Crippen LogP contribution in [0.5, 0.6) is 0 Å². The van der Waals surface area contributed by atoms with Gasteiger partial charge in [-0.2, -0.15) is 0 Å². The molecule has 1 aliphatic heterocycles. The molecule has 0 N–H and O–H groups in total. The molecular formula is C13H34O4Si4. The molecule has 8 heteroatoms. The van der Waals surface area contributed by atoms with E-state index >= 15 is 0 Å². The van der Waals surface area contributed by atoms with Gasteiger partial charge in [-0.3, -0.25) is 0 Å². The second-order valence-electron chi connectivity index (χ2n) is 8.71. The molecule has 0 aromatic heterocycles. The molecule has 0 bridgehead atoms. The summed E-state index contributed by atoms with van der Waals surface area (Å²) < 4.78 is 26.1. The lowest BCUT2D eigenvalue weighted by Crippen LogP contribution is -2.66. The van der Waals surface area contributed by atoms with Crippen molar-refractivity contribution in [2.45, 2.75) is 79.1 Å². The highest BCUT2D eigenvalue weighted by Gasteiger charge is 2.56. The quantitative estimate of drug-likeness (QED) is 0.631. The topological polar surface area (TPSA) is 36.9 Å². The van der Waals surface area contributed by atoms with Gasteiger partial charge < -0.3 is 16.5 Å². The monoisotopic (exact) mass is 366 g/mol. The second-order valence-corrected chi connectivity index (χ2v) is 23.3. The van der Waals surface area contributed by atoms with Crippen molar-refractivity contribution in [3.05, 3.63) is 0 Å². The summed E-state index contributed by atoms with van der Waals surface area (Å²) >= 11 is 0. The lowest BCUT2D eigenvalue weighted by Gasteiger charge is -2.51. The van der Waals surface area contributed by atoms with Crippen LogP contribution < -0.4 is 0 Å². The van der Waals surface area contributed by atoms with Crippen molar-refractivity contribution in [3.63, 3.8) is 0 Å². The molecule has 0 aromatic carbocycles. The van der Waals surface area contributed by atoms with Crippen LogP contribution in [0.1, 0.15) is 27.7 Å². The summed E-state index contributed by atoms with van der Waals surface area (Å²) in [6.07, 6.45) is 0. The van der Waals surface area contributed by atoms with Gasteiger partial charge in [0.1, 0.15) is 0 Å². The van der Waals surface area contributed by atoms with E-state index in [9.17, 15) is 0 Å². The van der Waals surface area contributed by atoms with Crippen LogP contribution in [0.4, 0.5) is 0 Å². The lowest BCUT2D eigenvalue weighted by atomic mass is 9.93. The Morgan fingerprint density at radius 3 is 1.19 bits per heavy atom. The van der Waals surface area contributed by atoms with Crippen molar-refractivity contribution < 1.29 is 16.5 Å². The molecule has 1 rings (SSSR count). The van der Waals surface area contributed by atoms with Gasteiger partial charge in [-0.05, 0) is 51.2 Å². The highest BCUT2D eigenvalue weighted by atomic mass is 28.5. The van der Waals surface area contributed by atoms with Crippen molar-refractivity contribution in [1.82, 2.24) is 0 Å². The molecule has 1 unspecified atom stereocenters. The fourth-order valence-corrected chi connectivity index (χ4v) is 25.6. The minimum Gasteiger partial charge on any atom is -0.416 e. The van der Waals surface area contributed by atoms with E-state index in [1.165, 1.54) is 0 Å². The molecule has 0 aliphatic carbocycles. The SMILES string of the molecule is CC(C(C)(C)C)[Si]1(C)O[Si](C)(C)O[Si](C)(C)O[Si](C)(C)O1. The van der Waals surface area contributed by atoms with Gasteiger partial charge in [0.2, 0.25) is 0 Å². The molecule has 21 heavy (non-hydrogen) atoms. The molecule has 0 amide bonds. The summed E-state index contributed by atoms with van der Waals surface area (Å²) in [6, 6.07) is 0. The van der Waals surface area contributed by atoms with Crippen molar-refractivity contribution in [2.75, 3.05) is 0 Å². The van der Waals surface area contributed by atoms with Gasteiger partial charge in [0.15, 0.2) is 0 Å². The molecule has 1 saturated heterocycles. The first-order valence-electron chi connectivity index (χ1n) is 7.79. The van der Waals surface area contributed by atoms with Crippen molar-refractivity contribution >= 4 is 34.2 Å². The summed E-state index contributed by atoms with van der Waals surface area (Å²) in [5.41, 5.74) is 0.501. The van der Waals surface area contributed by atoms with E-state index in [0.717, 1.165) is 0 Å². The van der Waals surface area contributed by atoms with Crippen molar-refractivity contribution in [3.8, 4) is 0 Å². The van der Waals surface area contributed by atoms with E-state index < -0.39 is 34.2 Å². The van der Waals surface area contributed by atoms with E-state index in [-0.39, 0.29) is 5.41 Å². The largest absolute Gasteiger partial charge is 0.416 e. The van der Waals surface area contributed by atoms with E-state index in [2.05, 4.69) is 73.5 Å². The van der Waals surface area contributed by atoms with Crippen LogP contribution in [0, 0.1) is 5.41 Å². The Labute approximate surface area is 135 Å². The van der Waals surface area contributed by atoms with Crippen LogP contribution in [0.2, 0.25) is 51.4 Å². The molecular weight excluding hydrogens is 332 g/mol. The van der Waals surface area contributed by atoms with Crippen LogP contribution in [-0.4, -0.2) is 34.2 Å². The predicted octanol–water partition coefficient (Wildman–Crippen LogP) is 4.68. The van der Waals surface area contributed by atoms with Gasteiger partial charge in [-0.1, -0.05) is 27.7 Å². The zero-order valence-corrected chi connectivity index (χ0v) is 19.7. The Kier molecular flexibility index (Phi) is 5.32. The molecule has 4 nitrogen and oxygen atoms in total. The van der Waals surface area contributed by atoms with E-state index in [1.54, 1.807) is 0 Å². The summed E-state index contributed by atoms with van der Waals surface area (Å²) in [4.78, 5) is 0. The lowest BCUT2D eigenvalue weighted by molar-refractivity contribution is 0.210. The van der Waals surface area contributed by atoms with Crippen LogP contribution in [0.15, 0.2) is 0 Å². The van der Waals surface area contributed by atoms with Crippen LogP contribution >= 0.6 is 0 Å². The molecule has 0 spiro atoms. The third kappa shape index (κ3) is 5.38. The summed E-state index contributed by atoms with van der Waals surface area (Å²) in [5.74, 6) is 0. The van der Waals surface area contributed by atoms with Crippen LogP contribution in [0.3, 0.4) is 0 Å². The average molecular weight is 367 g/mol. The number of hydrogen-bond acceptors (Lipinski definition) is 4. The number of hydrogen-bond donors (Lipinski definition) is 0. The maximum atomic E-state index is 6.65. The first kappa shape index (κ1) is 19.8. The van der Waals surface area contributed by atoms with Gasteiger partial charge in [0, 0.05) is 5.54 Å². The fraction of sp³-hybridized carbons (Fsp3) is 1.00. The Balaban J connectivity index is 3.22. The second kappa shape index (κ2) is 5.66. The van der Waals surface area contributed by atoms with Gasteiger partial charge in [-0.25, -0.2) is 0 Å². The van der Waals surface area contributed by atoms with E-state index in [4.69, 9.17) is 16.5 Å².